The minimum absolute atomic E-state index is 0.313. The van der Waals surface area contributed by atoms with Crippen LogP contribution in [0.25, 0.3) is 0 Å². The van der Waals surface area contributed by atoms with E-state index in [1.807, 2.05) is 6.92 Å². The van der Waals surface area contributed by atoms with Crippen LogP contribution < -0.4 is 5.32 Å². The Morgan fingerprint density at radius 2 is 2.16 bits per heavy atom. The molecule has 0 saturated heterocycles. The molecular formula is C13H16F2N4. The van der Waals surface area contributed by atoms with Crippen molar-refractivity contribution < 1.29 is 8.78 Å². The van der Waals surface area contributed by atoms with Crippen LogP contribution in [0, 0.1) is 11.6 Å². The highest BCUT2D eigenvalue weighted by molar-refractivity contribution is 5.23. The molecule has 0 bridgehead atoms. The molecule has 1 unspecified atom stereocenters. The lowest BCUT2D eigenvalue weighted by Crippen LogP contribution is -2.24. The van der Waals surface area contributed by atoms with Crippen molar-refractivity contribution in [1.82, 2.24) is 20.3 Å². The van der Waals surface area contributed by atoms with Gasteiger partial charge in [-0.15, -0.1) is 5.10 Å². The van der Waals surface area contributed by atoms with Gasteiger partial charge in [-0.3, -0.25) is 4.68 Å². The highest BCUT2D eigenvalue weighted by Crippen LogP contribution is 2.21. The van der Waals surface area contributed by atoms with Crippen molar-refractivity contribution in [2.45, 2.75) is 19.4 Å². The predicted molar refractivity (Wildman–Crippen MR) is 67.5 cm³/mol. The molecule has 2 aromatic rings. The first-order valence-electron chi connectivity index (χ1n) is 6.13. The van der Waals surface area contributed by atoms with E-state index in [-0.39, 0.29) is 6.04 Å². The van der Waals surface area contributed by atoms with E-state index in [4.69, 9.17) is 0 Å². The highest BCUT2D eigenvalue weighted by Gasteiger charge is 2.17. The third-order valence-corrected chi connectivity index (χ3v) is 2.85. The molecule has 1 heterocycles. The zero-order valence-electron chi connectivity index (χ0n) is 10.9. The summed E-state index contributed by atoms with van der Waals surface area (Å²) in [5, 5.41) is 10.9. The molecule has 0 aliphatic rings. The summed E-state index contributed by atoms with van der Waals surface area (Å²) >= 11 is 0. The Morgan fingerprint density at radius 1 is 1.37 bits per heavy atom. The molecule has 0 aliphatic heterocycles. The van der Waals surface area contributed by atoms with E-state index in [9.17, 15) is 8.78 Å². The van der Waals surface area contributed by atoms with Gasteiger partial charge in [0.15, 0.2) is 0 Å². The van der Waals surface area contributed by atoms with Gasteiger partial charge in [0.05, 0.1) is 5.69 Å². The molecule has 1 atom stereocenters. The van der Waals surface area contributed by atoms with Gasteiger partial charge in [-0.05, 0) is 24.7 Å². The Balaban J connectivity index is 2.26. The van der Waals surface area contributed by atoms with Gasteiger partial charge in [0, 0.05) is 31.3 Å². The molecule has 1 aromatic carbocycles. The van der Waals surface area contributed by atoms with Crippen LogP contribution in [0.4, 0.5) is 8.78 Å². The van der Waals surface area contributed by atoms with Crippen molar-refractivity contribution >= 4 is 0 Å². The van der Waals surface area contributed by atoms with E-state index >= 15 is 0 Å². The largest absolute Gasteiger partial charge is 0.310 e. The number of hydrogen-bond donors (Lipinski definition) is 1. The molecule has 1 N–H and O–H groups in total. The summed E-state index contributed by atoms with van der Waals surface area (Å²) in [6, 6.07) is 3.16. The summed E-state index contributed by atoms with van der Waals surface area (Å²) in [5.74, 6) is -0.866. The number of benzene rings is 1. The predicted octanol–water partition coefficient (Wildman–Crippen LogP) is 1.99. The summed E-state index contributed by atoms with van der Waals surface area (Å²) in [7, 11) is 1.77. The average Bonchev–Trinajstić information content (AvgIpc) is 2.77. The van der Waals surface area contributed by atoms with E-state index in [0.717, 1.165) is 17.8 Å². The molecule has 0 saturated carbocycles. The quantitative estimate of drug-likeness (QED) is 0.900. The highest BCUT2D eigenvalue weighted by atomic mass is 19.1. The minimum atomic E-state index is -0.446. The first kappa shape index (κ1) is 13.6. The number of likely N-dealkylation sites (N-methyl/N-ethyl adjacent to an activating group) is 1. The van der Waals surface area contributed by atoms with Crippen LogP contribution in [-0.2, 0) is 13.5 Å². The lowest BCUT2D eigenvalue weighted by Gasteiger charge is -2.17. The van der Waals surface area contributed by atoms with Gasteiger partial charge in [0.1, 0.15) is 11.6 Å². The number of aromatic nitrogens is 3. The maximum atomic E-state index is 13.8. The molecule has 0 fully saturated rings. The SMILES string of the molecule is CCNC(Cc1cn(C)nn1)c1cc(F)ccc1F. The van der Waals surface area contributed by atoms with Gasteiger partial charge in [0.2, 0.25) is 0 Å². The van der Waals surface area contributed by atoms with Crippen LogP contribution in [-0.4, -0.2) is 21.5 Å². The Morgan fingerprint density at radius 3 is 2.79 bits per heavy atom. The standard InChI is InChI=1S/C13H16F2N4/c1-3-16-13(7-10-8-19(2)18-17-10)11-6-9(14)4-5-12(11)15/h4-6,8,13,16H,3,7H2,1-2H3. The van der Waals surface area contributed by atoms with Crippen molar-refractivity contribution in [2.75, 3.05) is 6.54 Å². The van der Waals surface area contributed by atoms with E-state index < -0.39 is 11.6 Å². The van der Waals surface area contributed by atoms with E-state index in [0.29, 0.717) is 18.5 Å². The summed E-state index contributed by atoms with van der Waals surface area (Å²) in [6.07, 6.45) is 2.23. The van der Waals surface area contributed by atoms with Gasteiger partial charge >= 0.3 is 0 Å². The number of aryl methyl sites for hydroxylation is 1. The molecule has 19 heavy (non-hydrogen) atoms. The van der Waals surface area contributed by atoms with Gasteiger partial charge < -0.3 is 5.32 Å². The van der Waals surface area contributed by atoms with Crippen molar-refractivity contribution in [3.8, 4) is 0 Å². The number of halogens is 2. The number of nitrogens with one attached hydrogen (secondary N) is 1. The van der Waals surface area contributed by atoms with Crippen LogP contribution in [0.15, 0.2) is 24.4 Å². The fraction of sp³-hybridized carbons (Fsp3) is 0.385. The molecule has 0 spiro atoms. The molecular weight excluding hydrogens is 250 g/mol. The van der Waals surface area contributed by atoms with Crippen molar-refractivity contribution in [3.63, 3.8) is 0 Å². The molecule has 0 aliphatic carbocycles. The van der Waals surface area contributed by atoms with E-state index in [1.54, 1.807) is 17.9 Å². The molecule has 1 aromatic heterocycles. The number of hydrogen-bond acceptors (Lipinski definition) is 3. The fourth-order valence-electron chi connectivity index (χ4n) is 2.02. The summed E-state index contributed by atoms with van der Waals surface area (Å²) in [4.78, 5) is 0. The first-order valence-corrected chi connectivity index (χ1v) is 6.13. The van der Waals surface area contributed by atoms with Gasteiger partial charge in [0.25, 0.3) is 0 Å². The summed E-state index contributed by atoms with van der Waals surface area (Å²) in [5.41, 5.74) is 1.05. The molecule has 6 heteroatoms. The van der Waals surface area contributed by atoms with E-state index in [1.165, 1.54) is 6.07 Å². The second-order valence-corrected chi connectivity index (χ2v) is 4.36. The number of nitrogens with zero attached hydrogens (tertiary/aromatic N) is 3. The smallest absolute Gasteiger partial charge is 0.128 e. The van der Waals surface area contributed by atoms with Gasteiger partial charge in [-0.2, -0.15) is 0 Å². The molecule has 4 nitrogen and oxygen atoms in total. The Hall–Kier alpha value is -1.82. The van der Waals surface area contributed by atoms with Gasteiger partial charge in [-0.25, -0.2) is 8.78 Å². The monoisotopic (exact) mass is 266 g/mol. The topological polar surface area (TPSA) is 42.7 Å². The summed E-state index contributed by atoms with van der Waals surface area (Å²) < 4.78 is 28.7. The lowest BCUT2D eigenvalue weighted by molar-refractivity contribution is 0.498. The number of rotatable bonds is 5. The molecule has 0 amide bonds. The van der Waals surface area contributed by atoms with Crippen molar-refractivity contribution in [2.24, 2.45) is 7.05 Å². The van der Waals surface area contributed by atoms with Crippen LogP contribution in [0.3, 0.4) is 0 Å². The van der Waals surface area contributed by atoms with Crippen molar-refractivity contribution in [1.29, 1.82) is 0 Å². The summed E-state index contributed by atoms with van der Waals surface area (Å²) in [6.45, 7) is 2.57. The molecule has 102 valence electrons. The zero-order valence-corrected chi connectivity index (χ0v) is 10.9. The van der Waals surface area contributed by atoms with Crippen LogP contribution in [0.1, 0.15) is 24.2 Å². The van der Waals surface area contributed by atoms with Gasteiger partial charge in [-0.1, -0.05) is 12.1 Å². The second-order valence-electron chi connectivity index (χ2n) is 4.36. The Bertz CT molecular complexity index is 553. The first-order chi connectivity index (χ1) is 9.10. The van der Waals surface area contributed by atoms with E-state index in [2.05, 4.69) is 15.6 Å². The fourth-order valence-corrected chi connectivity index (χ4v) is 2.02. The van der Waals surface area contributed by atoms with Crippen LogP contribution in [0.2, 0.25) is 0 Å². The van der Waals surface area contributed by atoms with Crippen LogP contribution in [0.5, 0.6) is 0 Å². The lowest BCUT2D eigenvalue weighted by atomic mass is 10.0. The van der Waals surface area contributed by atoms with Crippen LogP contribution >= 0.6 is 0 Å². The average molecular weight is 266 g/mol. The molecule has 0 radical (unpaired) electrons. The minimum Gasteiger partial charge on any atom is -0.310 e. The normalized spacial score (nSPS) is 12.6. The second kappa shape index (κ2) is 5.88. The maximum Gasteiger partial charge on any atom is 0.128 e. The maximum absolute atomic E-state index is 13.8. The Labute approximate surface area is 110 Å². The molecule has 2 rings (SSSR count). The Kier molecular flexibility index (Phi) is 4.21. The van der Waals surface area contributed by atoms with Crippen molar-refractivity contribution in [3.05, 3.63) is 47.3 Å². The third kappa shape index (κ3) is 3.35. The third-order valence-electron chi connectivity index (χ3n) is 2.85. The zero-order chi connectivity index (χ0) is 13.8.